The SMILES string of the molecule is CCCC1CC(=O)Nc2nc(Br)nc(N)c21. The number of nitrogens with zero attached hydrogens (tertiary/aromatic N) is 2. The number of carbonyl (C=O) groups is 1. The Morgan fingerprint density at radius 1 is 1.56 bits per heavy atom. The van der Waals surface area contributed by atoms with E-state index < -0.39 is 0 Å². The van der Waals surface area contributed by atoms with E-state index in [9.17, 15) is 4.79 Å². The lowest BCUT2D eigenvalue weighted by atomic mass is 9.89. The number of nitrogens with one attached hydrogen (secondary N) is 1. The van der Waals surface area contributed by atoms with Gasteiger partial charge in [0.1, 0.15) is 11.6 Å². The largest absolute Gasteiger partial charge is 0.383 e. The maximum Gasteiger partial charge on any atom is 0.226 e. The summed E-state index contributed by atoms with van der Waals surface area (Å²) in [6, 6.07) is 0. The Bertz CT molecular complexity index is 435. The van der Waals surface area contributed by atoms with Gasteiger partial charge in [-0.05, 0) is 28.3 Å². The van der Waals surface area contributed by atoms with Gasteiger partial charge in [-0.3, -0.25) is 4.79 Å². The highest BCUT2D eigenvalue weighted by Gasteiger charge is 2.28. The fourth-order valence-corrected chi connectivity index (χ4v) is 2.43. The average Bonchev–Trinajstić information content (AvgIpc) is 2.15. The number of hydrogen-bond donors (Lipinski definition) is 2. The van der Waals surface area contributed by atoms with E-state index >= 15 is 0 Å². The first-order valence-electron chi connectivity index (χ1n) is 5.24. The zero-order valence-electron chi connectivity index (χ0n) is 8.96. The van der Waals surface area contributed by atoms with Crippen molar-refractivity contribution in [1.82, 2.24) is 9.97 Å². The molecule has 1 amide bonds. The number of anilines is 2. The average molecular weight is 285 g/mol. The summed E-state index contributed by atoms with van der Waals surface area (Å²) in [4.78, 5) is 19.7. The number of nitrogen functional groups attached to an aromatic ring is 1. The Morgan fingerprint density at radius 2 is 2.31 bits per heavy atom. The van der Waals surface area contributed by atoms with E-state index in [2.05, 4.69) is 38.1 Å². The van der Waals surface area contributed by atoms with Crippen molar-refractivity contribution in [3.05, 3.63) is 10.3 Å². The molecule has 1 unspecified atom stereocenters. The van der Waals surface area contributed by atoms with E-state index in [4.69, 9.17) is 5.73 Å². The molecule has 1 atom stereocenters. The predicted molar refractivity (Wildman–Crippen MR) is 65.0 cm³/mol. The number of rotatable bonds is 2. The van der Waals surface area contributed by atoms with Crippen LogP contribution in [0.4, 0.5) is 11.6 Å². The number of fused-ring (bicyclic) bond motifs is 1. The molecule has 6 heteroatoms. The normalized spacial score (nSPS) is 19.1. The van der Waals surface area contributed by atoms with Crippen molar-refractivity contribution in [3.8, 4) is 0 Å². The van der Waals surface area contributed by atoms with Gasteiger partial charge in [-0.15, -0.1) is 0 Å². The second-order valence-corrected chi connectivity index (χ2v) is 4.59. The zero-order chi connectivity index (χ0) is 11.7. The Labute approximate surface area is 102 Å². The van der Waals surface area contributed by atoms with E-state index in [0.29, 0.717) is 22.8 Å². The van der Waals surface area contributed by atoms with Gasteiger partial charge in [0.2, 0.25) is 10.6 Å². The lowest BCUT2D eigenvalue weighted by Gasteiger charge is -2.25. The quantitative estimate of drug-likeness (QED) is 0.815. The van der Waals surface area contributed by atoms with E-state index in [1.165, 1.54) is 0 Å². The van der Waals surface area contributed by atoms with Crippen molar-refractivity contribution in [2.75, 3.05) is 11.1 Å². The first-order chi connectivity index (χ1) is 7.61. The number of hydrogen-bond acceptors (Lipinski definition) is 4. The van der Waals surface area contributed by atoms with Gasteiger partial charge in [0.15, 0.2) is 0 Å². The highest BCUT2D eigenvalue weighted by molar-refractivity contribution is 9.10. The Kier molecular flexibility index (Phi) is 3.09. The monoisotopic (exact) mass is 284 g/mol. The van der Waals surface area contributed by atoms with Gasteiger partial charge in [0, 0.05) is 12.0 Å². The third kappa shape index (κ3) is 2.02. The summed E-state index contributed by atoms with van der Waals surface area (Å²) < 4.78 is 0.404. The molecule has 1 aliphatic heterocycles. The van der Waals surface area contributed by atoms with Crippen molar-refractivity contribution in [1.29, 1.82) is 0 Å². The highest BCUT2D eigenvalue weighted by atomic mass is 79.9. The number of amides is 1. The minimum absolute atomic E-state index is 0.00375. The second-order valence-electron chi connectivity index (χ2n) is 3.88. The summed E-state index contributed by atoms with van der Waals surface area (Å²) in [5, 5.41) is 2.73. The van der Waals surface area contributed by atoms with Crippen molar-refractivity contribution < 1.29 is 4.79 Å². The molecule has 0 saturated heterocycles. The van der Waals surface area contributed by atoms with Gasteiger partial charge >= 0.3 is 0 Å². The molecule has 0 aliphatic carbocycles. The van der Waals surface area contributed by atoms with Crippen LogP contribution in [0.1, 0.15) is 37.7 Å². The molecule has 86 valence electrons. The van der Waals surface area contributed by atoms with E-state index in [-0.39, 0.29) is 11.8 Å². The molecule has 0 bridgehead atoms. The first-order valence-corrected chi connectivity index (χ1v) is 6.04. The second kappa shape index (κ2) is 4.37. The van der Waals surface area contributed by atoms with Gasteiger partial charge in [0.25, 0.3) is 0 Å². The molecule has 2 heterocycles. The molecule has 5 nitrogen and oxygen atoms in total. The molecule has 0 fully saturated rings. The predicted octanol–water partition coefficient (Wildman–Crippen LogP) is 2.05. The molecule has 0 aromatic carbocycles. The number of nitrogens with two attached hydrogens (primary N) is 1. The number of halogens is 1. The lowest BCUT2D eigenvalue weighted by molar-refractivity contribution is -0.116. The lowest BCUT2D eigenvalue weighted by Crippen LogP contribution is -2.25. The molecule has 2 rings (SSSR count). The molecule has 0 radical (unpaired) electrons. The van der Waals surface area contributed by atoms with Crippen molar-refractivity contribution in [2.24, 2.45) is 0 Å². The topological polar surface area (TPSA) is 80.9 Å². The van der Waals surface area contributed by atoms with E-state index in [0.717, 1.165) is 18.4 Å². The number of aromatic nitrogens is 2. The smallest absolute Gasteiger partial charge is 0.226 e. The van der Waals surface area contributed by atoms with Crippen molar-refractivity contribution >= 4 is 33.5 Å². The standard InChI is InChI=1S/C10H13BrN4O/c1-2-3-5-4-6(16)13-9-7(5)8(12)14-10(11)15-9/h5H,2-4H2,1H3,(H3,12,13,14,15,16). The van der Waals surface area contributed by atoms with Crippen LogP contribution in [-0.2, 0) is 4.79 Å². The zero-order valence-corrected chi connectivity index (χ0v) is 10.5. The summed E-state index contributed by atoms with van der Waals surface area (Å²) in [5.41, 5.74) is 6.76. The summed E-state index contributed by atoms with van der Waals surface area (Å²) in [6.07, 6.45) is 2.40. The van der Waals surface area contributed by atoms with Crippen LogP contribution >= 0.6 is 15.9 Å². The Balaban J connectivity index is 2.47. The fraction of sp³-hybridized carbons (Fsp3) is 0.500. The van der Waals surface area contributed by atoms with Crippen LogP contribution in [0.25, 0.3) is 0 Å². The maximum atomic E-state index is 11.5. The molecular formula is C10H13BrN4O. The number of carbonyl (C=O) groups excluding carboxylic acids is 1. The van der Waals surface area contributed by atoms with Crippen LogP contribution in [0.3, 0.4) is 0 Å². The van der Waals surface area contributed by atoms with E-state index in [1.54, 1.807) is 0 Å². The van der Waals surface area contributed by atoms with Gasteiger partial charge in [-0.25, -0.2) is 9.97 Å². The third-order valence-corrected chi connectivity index (χ3v) is 3.04. The van der Waals surface area contributed by atoms with Gasteiger partial charge in [0.05, 0.1) is 0 Å². The Morgan fingerprint density at radius 3 is 3.00 bits per heavy atom. The summed E-state index contributed by atoms with van der Waals surface area (Å²) in [5.74, 6) is 1.14. The van der Waals surface area contributed by atoms with E-state index in [1.807, 2.05) is 0 Å². The van der Waals surface area contributed by atoms with Gasteiger partial charge in [-0.1, -0.05) is 13.3 Å². The van der Waals surface area contributed by atoms with Crippen LogP contribution in [0.5, 0.6) is 0 Å². The molecule has 0 saturated carbocycles. The van der Waals surface area contributed by atoms with Gasteiger partial charge < -0.3 is 11.1 Å². The molecule has 1 aromatic heterocycles. The fourth-order valence-electron chi connectivity index (χ4n) is 2.06. The van der Waals surface area contributed by atoms with Crippen LogP contribution < -0.4 is 11.1 Å². The maximum absolute atomic E-state index is 11.5. The summed E-state index contributed by atoms with van der Waals surface area (Å²) in [7, 11) is 0. The minimum Gasteiger partial charge on any atom is -0.383 e. The molecule has 0 spiro atoms. The molecule has 1 aliphatic rings. The van der Waals surface area contributed by atoms with Crippen LogP contribution in [0, 0.1) is 0 Å². The third-order valence-electron chi connectivity index (χ3n) is 2.68. The van der Waals surface area contributed by atoms with Crippen LogP contribution in [0.15, 0.2) is 4.73 Å². The minimum atomic E-state index is -0.00375. The van der Waals surface area contributed by atoms with Crippen molar-refractivity contribution in [3.63, 3.8) is 0 Å². The Hall–Kier alpha value is -1.17. The van der Waals surface area contributed by atoms with Crippen LogP contribution in [-0.4, -0.2) is 15.9 Å². The van der Waals surface area contributed by atoms with Gasteiger partial charge in [-0.2, -0.15) is 0 Å². The summed E-state index contributed by atoms with van der Waals surface area (Å²) in [6.45, 7) is 2.09. The summed E-state index contributed by atoms with van der Waals surface area (Å²) >= 11 is 3.17. The highest BCUT2D eigenvalue weighted by Crippen LogP contribution is 2.37. The first kappa shape index (κ1) is 11.3. The van der Waals surface area contributed by atoms with Crippen LogP contribution in [0.2, 0.25) is 0 Å². The molecular weight excluding hydrogens is 272 g/mol. The van der Waals surface area contributed by atoms with Crippen molar-refractivity contribution in [2.45, 2.75) is 32.1 Å². The molecule has 1 aromatic rings. The molecule has 3 N–H and O–H groups in total. The molecule has 16 heavy (non-hydrogen) atoms.